The molecule has 1 aliphatic rings. The number of hydrogen-bond donors (Lipinski definition) is 0. The lowest BCUT2D eigenvalue weighted by molar-refractivity contribution is 0.624. The monoisotopic (exact) mass is 428 g/mol. The van der Waals surface area contributed by atoms with Crippen LogP contribution in [0.25, 0.3) is 6.08 Å². The summed E-state index contributed by atoms with van der Waals surface area (Å²) < 4.78 is 26.5. The van der Waals surface area contributed by atoms with Crippen LogP contribution in [0.3, 0.4) is 0 Å². The minimum absolute atomic E-state index is 0.110. The van der Waals surface area contributed by atoms with Gasteiger partial charge in [-0.2, -0.15) is 5.10 Å². The van der Waals surface area contributed by atoms with Gasteiger partial charge < -0.3 is 0 Å². The normalized spacial score (nSPS) is 16.5. The van der Waals surface area contributed by atoms with E-state index in [9.17, 15) is 8.78 Å². The average Bonchev–Trinajstić information content (AvgIpc) is 3.14. The van der Waals surface area contributed by atoms with E-state index < -0.39 is 0 Å². The molecule has 2 nitrogen and oxygen atoms in total. The van der Waals surface area contributed by atoms with Crippen molar-refractivity contribution in [2.45, 2.75) is 12.5 Å². The number of rotatable bonds is 4. The van der Waals surface area contributed by atoms with Crippen molar-refractivity contribution in [3.05, 3.63) is 106 Å². The first kappa shape index (κ1) is 19.6. The molecule has 146 valence electrons. The van der Waals surface area contributed by atoms with Gasteiger partial charge in [0.25, 0.3) is 0 Å². The van der Waals surface area contributed by atoms with Gasteiger partial charge in [-0.1, -0.05) is 53.5 Å². The van der Waals surface area contributed by atoms with Gasteiger partial charge in [-0.3, -0.25) is 5.01 Å². The molecule has 0 saturated heterocycles. The Bertz CT molecular complexity index is 1080. The summed E-state index contributed by atoms with van der Waals surface area (Å²) in [6.45, 7) is 0. The van der Waals surface area contributed by atoms with Gasteiger partial charge in [-0.15, -0.1) is 0 Å². The zero-order chi connectivity index (χ0) is 20.4. The lowest BCUT2D eigenvalue weighted by Crippen LogP contribution is -2.18. The SMILES string of the molecule is Fc1ccc(/C=C/C2=NN(c3ccc(Cl)c(Cl)c3)C(c3ccc(F)cc3)C2)cc1. The molecule has 0 fully saturated rings. The van der Waals surface area contributed by atoms with Crippen LogP contribution in [0.4, 0.5) is 14.5 Å². The number of halogens is 4. The molecule has 3 aromatic carbocycles. The highest BCUT2D eigenvalue weighted by Gasteiger charge is 2.28. The van der Waals surface area contributed by atoms with Crippen LogP contribution >= 0.6 is 23.2 Å². The Balaban J connectivity index is 1.66. The van der Waals surface area contributed by atoms with Crippen LogP contribution in [0.15, 0.2) is 77.9 Å². The fraction of sp³-hybridized carbons (Fsp3) is 0.0870. The van der Waals surface area contributed by atoms with Gasteiger partial charge in [-0.25, -0.2) is 8.78 Å². The van der Waals surface area contributed by atoms with Gasteiger partial charge in [0.2, 0.25) is 0 Å². The first-order valence-electron chi connectivity index (χ1n) is 9.00. The Morgan fingerprint density at radius 3 is 2.14 bits per heavy atom. The predicted molar refractivity (Wildman–Crippen MR) is 116 cm³/mol. The molecule has 0 spiro atoms. The smallest absolute Gasteiger partial charge is 0.123 e. The molecular formula is C23H16Cl2F2N2. The molecule has 0 saturated carbocycles. The summed E-state index contributed by atoms with van der Waals surface area (Å²) in [5.41, 5.74) is 3.44. The van der Waals surface area contributed by atoms with Crippen molar-refractivity contribution < 1.29 is 8.78 Å². The number of hydrogen-bond acceptors (Lipinski definition) is 2. The molecule has 0 radical (unpaired) electrons. The van der Waals surface area contributed by atoms with E-state index in [1.165, 1.54) is 24.3 Å². The molecule has 3 aromatic rings. The molecule has 0 bridgehead atoms. The van der Waals surface area contributed by atoms with Gasteiger partial charge in [0.05, 0.1) is 27.5 Å². The zero-order valence-electron chi connectivity index (χ0n) is 15.2. The first-order valence-corrected chi connectivity index (χ1v) is 9.76. The van der Waals surface area contributed by atoms with Gasteiger partial charge in [0, 0.05) is 6.42 Å². The van der Waals surface area contributed by atoms with Crippen molar-refractivity contribution in [3.8, 4) is 0 Å². The second kappa shape index (κ2) is 8.36. The highest BCUT2D eigenvalue weighted by Crippen LogP contribution is 2.38. The van der Waals surface area contributed by atoms with Crippen LogP contribution in [0, 0.1) is 11.6 Å². The molecule has 0 aliphatic carbocycles. The predicted octanol–water partition coefficient (Wildman–Crippen LogP) is 7.29. The van der Waals surface area contributed by atoms with Crippen LogP contribution in [0.2, 0.25) is 10.0 Å². The quantitative estimate of drug-likeness (QED) is 0.425. The highest BCUT2D eigenvalue weighted by molar-refractivity contribution is 6.42. The van der Waals surface area contributed by atoms with E-state index in [-0.39, 0.29) is 17.7 Å². The second-order valence-corrected chi connectivity index (χ2v) is 7.51. The fourth-order valence-electron chi connectivity index (χ4n) is 3.21. The maximum Gasteiger partial charge on any atom is 0.123 e. The van der Waals surface area contributed by atoms with Crippen molar-refractivity contribution in [1.29, 1.82) is 0 Å². The average molecular weight is 429 g/mol. The molecule has 1 atom stereocenters. The maximum atomic E-state index is 13.4. The summed E-state index contributed by atoms with van der Waals surface area (Å²) in [5.74, 6) is -0.562. The second-order valence-electron chi connectivity index (χ2n) is 6.69. The van der Waals surface area contributed by atoms with Crippen molar-refractivity contribution in [2.24, 2.45) is 5.10 Å². The van der Waals surface area contributed by atoms with Crippen LogP contribution in [0.1, 0.15) is 23.6 Å². The summed E-state index contributed by atoms with van der Waals surface area (Å²) in [6.07, 6.45) is 4.42. The Hall–Kier alpha value is -2.69. The van der Waals surface area contributed by atoms with E-state index >= 15 is 0 Å². The zero-order valence-corrected chi connectivity index (χ0v) is 16.7. The molecule has 1 heterocycles. The largest absolute Gasteiger partial charge is 0.257 e. The molecule has 0 N–H and O–H groups in total. The van der Waals surface area contributed by atoms with E-state index in [1.54, 1.807) is 36.4 Å². The van der Waals surface area contributed by atoms with Crippen molar-refractivity contribution >= 4 is 40.7 Å². The first-order chi connectivity index (χ1) is 14.0. The van der Waals surface area contributed by atoms with E-state index in [2.05, 4.69) is 0 Å². The summed E-state index contributed by atoms with van der Waals surface area (Å²) in [6, 6.07) is 17.9. The van der Waals surface area contributed by atoms with Gasteiger partial charge in [-0.05, 0) is 59.7 Å². The van der Waals surface area contributed by atoms with E-state index in [4.69, 9.17) is 28.3 Å². The van der Waals surface area contributed by atoms with Crippen LogP contribution < -0.4 is 5.01 Å². The number of benzene rings is 3. The van der Waals surface area contributed by atoms with Crippen molar-refractivity contribution in [2.75, 3.05) is 5.01 Å². The number of anilines is 1. The van der Waals surface area contributed by atoms with Crippen LogP contribution in [0.5, 0.6) is 0 Å². The summed E-state index contributed by atoms with van der Waals surface area (Å²) >= 11 is 12.2. The minimum Gasteiger partial charge on any atom is -0.257 e. The van der Waals surface area contributed by atoms with Crippen molar-refractivity contribution in [1.82, 2.24) is 0 Å². The topological polar surface area (TPSA) is 15.6 Å². The summed E-state index contributed by atoms with van der Waals surface area (Å²) in [4.78, 5) is 0. The Kier molecular flexibility index (Phi) is 5.65. The number of hydrazone groups is 1. The summed E-state index contributed by atoms with van der Waals surface area (Å²) in [7, 11) is 0. The Labute approximate surface area is 177 Å². The van der Waals surface area contributed by atoms with E-state index in [1.807, 2.05) is 23.2 Å². The highest BCUT2D eigenvalue weighted by atomic mass is 35.5. The summed E-state index contributed by atoms with van der Waals surface area (Å²) in [5, 5.41) is 7.50. The molecule has 29 heavy (non-hydrogen) atoms. The van der Waals surface area contributed by atoms with E-state index in [0.717, 1.165) is 22.5 Å². The molecular weight excluding hydrogens is 413 g/mol. The maximum absolute atomic E-state index is 13.4. The lowest BCUT2D eigenvalue weighted by atomic mass is 10.0. The Morgan fingerprint density at radius 2 is 1.48 bits per heavy atom. The standard InChI is InChI=1S/C23H16Cl2F2N2/c24-21-12-11-20(14-22(21)25)29-23(16-4-8-18(27)9-5-16)13-19(28-29)10-3-15-1-6-17(26)7-2-15/h1-12,14,23H,13H2/b10-3+. The fourth-order valence-corrected chi connectivity index (χ4v) is 3.50. The number of nitrogens with zero attached hydrogens (tertiary/aromatic N) is 2. The van der Waals surface area contributed by atoms with Crippen molar-refractivity contribution in [3.63, 3.8) is 0 Å². The van der Waals surface area contributed by atoms with Crippen LogP contribution in [-0.2, 0) is 0 Å². The van der Waals surface area contributed by atoms with E-state index in [0.29, 0.717) is 16.5 Å². The molecule has 0 amide bonds. The molecule has 4 rings (SSSR count). The molecule has 1 unspecified atom stereocenters. The third kappa shape index (κ3) is 4.50. The van der Waals surface area contributed by atoms with Gasteiger partial charge >= 0.3 is 0 Å². The Morgan fingerprint density at radius 1 is 0.828 bits per heavy atom. The molecule has 6 heteroatoms. The minimum atomic E-state index is -0.287. The third-order valence-electron chi connectivity index (χ3n) is 4.69. The third-order valence-corrected chi connectivity index (χ3v) is 5.43. The van der Waals surface area contributed by atoms with Crippen LogP contribution in [-0.4, -0.2) is 5.71 Å². The molecule has 1 aliphatic heterocycles. The number of allylic oxidation sites excluding steroid dienone is 1. The molecule has 0 aromatic heterocycles. The van der Waals surface area contributed by atoms with Gasteiger partial charge in [0.1, 0.15) is 11.6 Å². The van der Waals surface area contributed by atoms with Gasteiger partial charge in [0.15, 0.2) is 0 Å². The lowest BCUT2D eigenvalue weighted by Gasteiger charge is -2.24.